The number of aryl methyl sites for hydroxylation is 1. The molecule has 3 nitrogen and oxygen atoms in total. The molecular weight excluding hydrogens is 262 g/mol. The van der Waals surface area contributed by atoms with Gasteiger partial charge in [-0.2, -0.15) is 8.78 Å². The predicted octanol–water partition coefficient (Wildman–Crippen LogP) is 3.23. The highest BCUT2D eigenvalue weighted by Crippen LogP contribution is 2.21. The maximum absolute atomic E-state index is 12.1. The van der Waals surface area contributed by atoms with E-state index in [0.717, 1.165) is 16.8 Å². The molecule has 5 heteroatoms. The van der Waals surface area contributed by atoms with Crippen LogP contribution in [0.5, 0.6) is 5.75 Å². The minimum absolute atomic E-state index is 0.130. The normalized spacial score (nSPS) is 12.4. The first kappa shape index (κ1) is 14.4. The summed E-state index contributed by atoms with van der Waals surface area (Å²) in [4.78, 5) is 4.30. The molecule has 106 valence electrons. The fourth-order valence-corrected chi connectivity index (χ4v) is 1.95. The molecule has 0 aliphatic carbocycles. The average molecular weight is 278 g/mol. The van der Waals surface area contributed by atoms with Gasteiger partial charge in [-0.15, -0.1) is 0 Å². The summed E-state index contributed by atoms with van der Waals surface area (Å²) in [5.41, 5.74) is 9.00. The van der Waals surface area contributed by atoms with Crippen molar-refractivity contribution in [3.8, 4) is 5.75 Å². The molecule has 2 N–H and O–H groups in total. The third-order valence-corrected chi connectivity index (χ3v) is 3.06. The highest BCUT2D eigenvalue weighted by molar-refractivity contribution is 5.30. The molecule has 0 saturated carbocycles. The topological polar surface area (TPSA) is 48.1 Å². The third kappa shape index (κ3) is 3.74. The van der Waals surface area contributed by atoms with E-state index < -0.39 is 6.61 Å². The number of pyridine rings is 1. The molecule has 2 rings (SSSR count). The molecule has 0 amide bonds. The maximum Gasteiger partial charge on any atom is 0.387 e. The van der Waals surface area contributed by atoms with Crippen LogP contribution in [0.3, 0.4) is 0 Å². The lowest BCUT2D eigenvalue weighted by Gasteiger charge is -2.13. The minimum atomic E-state index is -2.81. The second-order valence-electron chi connectivity index (χ2n) is 4.53. The number of hydrogen-bond acceptors (Lipinski definition) is 3. The summed E-state index contributed by atoms with van der Waals surface area (Å²) < 4.78 is 28.4. The number of aromatic nitrogens is 1. The smallest absolute Gasteiger partial charge is 0.387 e. The van der Waals surface area contributed by atoms with Crippen molar-refractivity contribution in [1.29, 1.82) is 0 Å². The van der Waals surface area contributed by atoms with E-state index in [-0.39, 0.29) is 11.8 Å². The Morgan fingerprint density at radius 2 is 1.90 bits per heavy atom. The number of nitrogens with zero attached hydrogens (tertiary/aromatic N) is 1. The van der Waals surface area contributed by atoms with E-state index in [4.69, 9.17) is 5.73 Å². The molecule has 0 aliphatic rings. The predicted molar refractivity (Wildman–Crippen MR) is 72.7 cm³/mol. The second kappa shape index (κ2) is 6.43. The molecule has 1 unspecified atom stereocenters. The van der Waals surface area contributed by atoms with E-state index in [9.17, 15) is 8.78 Å². The zero-order chi connectivity index (χ0) is 14.5. The molecule has 0 fully saturated rings. The number of halogens is 2. The van der Waals surface area contributed by atoms with Gasteiger partial charge in [0.15, 0.2) is 0 Å². The lowest BCUT2D eigenvalue weighted by molar-refractivity contribution is -0.0498. The molecular formula is C15H16F2N2O. The number of rotatable bonds is 5. The van der Waals surface area contributed by atoms with Gasteiger partial charge >= 0.3 is 6.61 Å². The van der Waals surface area contributed by atoms with E-state index in [1.165, 1.54) is 12.1 Å². The summed E-state index contributed by atoms with van der Waals surface area (Å²) >= 11 is 0. The summed E-state index contributed by atoms with van der Waals surface area (Å²) in [5.74, 6) is 0.130. The monoisotopic (exact) mass is 278 g/mol. The van der Waals surface area contributed by atoms with Crippen LogP contribution < -0.4 is 10.5 Å². The van der Waals surface area contributed by atoms with Gasteiger partial charge in [0.25, 0.3) is 0 Å². The lowest BCUT2D eigenvalue weighted by atomic mass is 10.0. The number of nitrogens with two attached hydrogens (primary N) is 1. The molecule has 1 aromatic carbocycles. The van der Waals surface area contributed by atoms with Crippen molar-refractivity contribution < 1.29 is 13.5 Å². The quantitative estimate of drug-likeness (QED) is 0.913. The third-order valence-electron chi connectivity index (χ3n) is 3.06. The van der Waals surface area contributed by atoms with Crippen LogP contribution in [0.15, 0.2) is 42.6 Å². The maximum atomic E-state index is 12.1. The number of alkyl halides is 2. The van der Waals surface area contributed by atoms with Crippen LogP contribution >= 0.6 is 0 Å². The molecule has 1 heterocycles. The molecule has 0 radical (unpaired) electrons. The molecule has 1 atom stereocenters. The summed E-state index contributed by atoms with van der Waals surface area (Å²) in [6.45, 7) is -0.833. The van der Waals surface area contributed by atoms with Crippen molar-refractivity contribution in [3.05, 3.63) is 59.4 Å². The Kier molecular flexibility index (Phi) is 4.63. The first-order valence-corrected chi connectivity index (χ1v) is 6.27. The Morgan fingerprint density at radius 1 is 1.20 bits per heavy atom. The van der Waals surface area contributed by atoms with Crippen molar-refractivity contribution in [2.75, 3.05) is 0 Å². The Morgan fingerprint density at radius 3 is 2.50 bits per heavy atom. The van der Waals surface area contributed by atoms with Gasteiger partial charge in [0, 0.05) is 24.4 Å². The van der Waals surface area contributed by atoms with E-state index >= 15 is 0 Å². The average Bonchev–Trinajstić information content (AvgIpc) is 2.41. The number of hydrogen-bond donors (Lipinski definition) is 1. The summed E-state index contributed by atoms with van der Waals surface area (Å²) in [5, 5.41) is 0. The van der Waals surface area contributed by atoms with Crippen molar-refractivity contribution in [3.63, 3.8) is 0 Å². The van der Waals surface area contributed by atoms with Crippen LogP contribution in [-0.2, 0) is 6.42 Å². The van der Waals surface area contributed by atoms with Crippen molar-refractivity contribution in [1.82, 2.24) is 4.98 Å². The van der Waals surface area contributed by atoms with Crippen LogP contribution in [0, 0.1) is 6.92 Å². The van der Waals surface area contributed by atoms with Gasteiger partial charge in [-0.3, -0.25) is 4.98 Å². The van der Waals surface area contributed by atoms with Crippen LogP contribution in [0.1, 0.15) is 22.9 Å². The Bertz CT molecular complexity index is 558. The van der Waals surface area contributed by atoms with Crippen LogP contribution in [-0.4, -0.2) is 11.6 Å². The van der Waals surface area contributed by atoms with Crippen LogP contribution in [0.2, 0.25) is 0 Å². The molecule has 1 aromatic heterocycles. The molecule has 0 saturated heterocycles. The highest BCUT2D eigenvalue weighted by atomic mass is 19.3. The van der Waals surface area contributed by atoms with Gasteiger partial charge < -0.3 is 10.5 Å². The minimum Gasteiger partial charge on any atom is -0.435 e. The fourth-order valence-electron chi connectivity index (χ4n) is 1.95. The van der Waals surface area contributed by atoms with Gasteiger partial charge in [-0.1, -0.05) is 18.2 Å². The highest BCUT2D eigenvalue weighted by Gasteiger charge is 2.10. The Labute approximate surface area is 116 Å². The standard InChI is InChI=1S/C15H16F2N2O/c1-10-3-2-8-19-14(10)9-13(18)11-4-6-12(7-5-11)20-15(16)17/h2-8,13,15H,9,18H2,1H3. The van der Waals surface area contributed by atoms with Crippen LogP contribution in [0.25, 0.3) is 0 Å². The zero-order valence-corrected chi connectivity index (χ0v) is 11.1. The zero-order valence-electron chi connectivity index (χ0n) is 11.1. The molecule has 2 aromatic rings. The van der Waals surface area contributed by atoms with Crippen molar-refractivity contribution in [2.24, 2.45) is 5.73 Å². The van der Waals surface area contributed by atoms with E-state index in [1.54, 1.807) is 18.3 Å². The van der Waals surface area contributed by atoms with E-state index in [0.29, 0.717) is 6.42 Å². The summed E-state index contributed by atoms with van der Waals surface area (Å²) in [7, 11) is 0. The fraction of sp³-hybridized carbons (Fsp3) is 0.267. The Hall–Kier alpha value is -2.01. The number of ether oxygens (including phenoxy) is 1. The lowest BCUT2D eigenvalue weighted by Crippen LogP contribution is -2.14. The van der Waals surface area contributed by atoms with Gasteiger partial charge in [0.1, 0.15) is 5.75 Å². The second-order valence-corrected chi connectivity index (χ2v) is 4.53. The SMILES string of the molecule is Cc1cccnc1CC(N)c1ccc(OC(F)F)cc1. The Balaban J connectivity index is 2.06. The van der Waals surface area contributed by atoms with E-state index in [2.05, 4.69) is 9.72 Å². The van der Waals surface area contributed by atoms with Crippen molar-refractivity contribution >= 4 is 0 Å². The largest absolute Gasteiger partial charge is 0.435 e. The first-order chi connectivity index (χ1) is 9.56. The molecule has 0 aliphatic heterocycles. The first-order valence-electron chi connectivity index (χ1n) is 6.27. The van der Waals surface area contributed by atoms with Gasteiger partial charge in [0.05, 0.1) is 0 Å². The summed E-state index contributed by atoms with van der Waals surface area (Å²) in [6.07, 6.45) is 2.33. The molecule has 20 heavy (non-hydrogen) atoms. The van der Waals surface area contributed by atoms with Crippen molar-refractivity contribution in [2.45, 2.75) is 26.0 Å². The van der Waals surface area contributed by atoms with Gasteiger partial charge in [-0.05, 0) is 36.2 Å². The summed E-state index contributed by atoms with van der Waals surface area (Å²) in [6, 6.07) is 10.00. The number of benzene rings is 1. The van der Waals surface area contributed by atoms with Crippen LogP contribution in [0.4, 0.5) is 8.78 Å². The molecule has 0 bridgehead atoms. The molecule has 0 spiro atoms. The van der Waals surface area contributed by atoms with Gasteiger partial charge in [-0.25, -0.2) is 0 Å². The van der Waals surface area contributed by atoms with E-state index in [1.807, 2.05) is 19.1 Å². The van der Waals surface area contributed by atoms with Gasteiger partial charge in [0.2, 0.25) is 0 Å².